The van der Waals surface area contributed by atoms with Gasteiger partial charge in [-0.25, -0.2) is 9.99 Å². The Bertz CT molecular complexity index is 1170. The molecule has 1 saturated carbocycles. The molecule has 1 aromatic carbocycles. The minimum atomic E-state index is -0.303. The Morgan fingerprint density at radius 2 is 2.00 bits per heavy atom. The third kappa shape index (κ3) is 2.76. The minimum absolute atomic E-state index is 0.195. The summed E-state index contributed by atoms with van der Waals surface area (Å²) in [7, 11) is 0. The summed E-state index contributed by atoms with van der Waals surface area (Å²) in [5.41, 5.74) is 3.00. The molecule has 0 unspecified atom stereocenters. The Morgan fingerprint density at radius 3 is 2.76 bits per heavy atom. The van der Waals surface area contributed by atoms with E-state index in [2.05, 4.69) is 10.1 Å². The fraction of sp³-hybridized carbons (Fsp3) is 0.286. The van der Waals surface area contributed by atoms with Crippen molar-refractivity contribution in [2.24, 2.45) is 11.0 Å². The number of carbonyl (C=O) groups is 1. The van der Waals surface area contributed by atoms with Gasteiger partial charge >= 0.3 is 0 Å². The number of ether oxygens (including phenoxy) is 2. The number of amides is 1. The van der Waals surface area contributed by atoms with Crippen LogP contribution < -0.4 is 9.47 Å². The normalized spacial score (nSPS) is 20.4. The number of carbonyl (C=O) groups excluding carboxylic acids is 1. The lowest BCUT2D eigenvalue weighted by Crippen LogP contribution is -2.27. The molecule has 0 radical (unpaired) electrons. The van der Waals surface area contributed by atoms with E-state index in [4.69, 9.17) is 25.5 Å². The van der Waals surface area contributed by atoms with E-state index >= 15 is 0 Å². The van der Waals surface area contributed by atoms with Crippen molar-refractivity contribution in [1.29, 1.82) is 0 Å². The lowest BCUT2D eigenvalue weighted by Gasteiger charge is -2.22. The second kappa shape index (κ2) is 6.22. The van der Waals surface area contributed by atoms with E-state index < -0.39 is 0 Å². The average molecular weight is 410 g/mol. The highest BCUT2D eigenvalue weighted by Crippen LogP contribution is 2.44. The highest BCUT2D eigenvalue weighted by molar-refractivity contribution is 6.30. The molecule has 0 saturated heterocycles. The molecule has 0 bridgehead atoms. The first-order valence-electron chi connectivity index (χ1n) is 9.50. The Morgan fingerprint density at radius 1 is 1.17 bits per heavy atom. The maximum Gasteiger partial charge on any atom is 0.277 e. The zero-order chi connectivity index (χ0) is 19.5. The first-order chi connectivity index (χ1) is 14.2. The van der Waals surface area contributed by atoms with Crippen LogP contribution in [-0.4, -0.2) is 28.4 Å². The zero-order valence-corrected chi connectivity index (χ0v) is 16.1. The van der Waals surface area contributed by atoms with Crippen LogP contribution in [0.4, 0.5) is 0 Å². The molecule has 3 aromatic rings. The summed E-state index contributed by atoms with van der Waals surface area (Å²) in [4.78, 5) is 17.6. The number of hydrazone groups is 1. The summed E-state index contributed by atoms with van der Waals surface area (Å²) in [6.07, 6.45) is 5.81. The predicted octanol–water partition coefficient (Wildman–Crippen LogP) is 4.56. The molecule has 6 rings (SSSR count). The fourth-order valence-corrected chi connectivity index (χ4v) is 4.21. The Kier molecular flexibility index (Phi) is 3.61. The monoisotopic (exact) mass is 409 g/mol. The molecular weight excluding hydrogens is 394 g/mol. The van der Waals surface area contributed by atoms with Crippen LogP contribution >= 0.6 is 11.6 Å². The van der Waals surface area contributed by atoms with Gasteiger partial charge in [0.1, 0.15) is 11.4 Å². The summed E-state index contributed by atoms with van der Waals surface area (Å²) >= 11 is 6.58. The molecule has 1 fully saturated rings. The van der Waals surface area contributed by atoms with Crippen LogP contribution in [0.15, 0.2) is 46.3 Å². The predicted molar refractivity (Wildman–Crippen MR) is 105 cm³/mol. The molecule has 4 heterocycles. The van der Waals surface area contributed by atoms with Crippen LogP contribution in [0.2, 0.25) is 5.15 Å². The second-order valence-corrected chi connectivity index (χ2v) is 7.87. The Balaban J connectivity index is 1.43. The number of nitrogens with zero attached hydrogens (tertiary/aromatic N) is 3. The molecule has 0 spiro atoms. The molecule has 3 aliphatic rings. The summed E-state index contributed by atoms with van der Waals surface area (Å²) in [6, 6.07) is 7.03. The van der Waals surface area contributed by atoms with Crippen molar-refractivity contribution in [3.8, 4) is 11.5 Å². The molecule has 2 aliphatic heterocycles. The van der Waals surface area contributed by atoms with E-state index in [1.165, 1.54) is 17.5 Å². The number of rotatable bonds is 3. The number of aromatic nitrogens is 1. The van der Waals surface area contributed by atoms with Crippen molar-refractivity contribution >= 4 is 34.1 Å². The second-order valence-electron chi connectivity index (χ2n) is 7.51. The third-order valence-electron chi connectivity index (χ3n) is 5.61. The van der Waals surface area contributed by atoms with E-state index in [0.29, 0.717) is 34.6 Å². The van der Waals surface area contributed by atoms with E-state index in [9.17, 15) is 4.79 Å². The number of furan rings is 1. The van der Waals surface area contributed by atoms with Crippen molar-refractivity contribution in [3.63, 3.8) is 0 Å². The molecule has 146 valence electrons. The molecule has 2 aromatic heterocycles. The van der Waals surface area contributed by atoms with E-state index in [0.717, 1.165) is 35.0 Å². The van der Waals surface area contributed by atoms with Gasteiger partial charge < -0.3 is 13.9 Å². The first kappa shape index (κ1) is 16.9. The van der Waals surface area contributed by atoms with Gasteiger partial charge in [0.05, 0.1) is 23.4 Å². The van der Waals surface area contributed by atoms with E-state index in [1.807, 2.05) is 18.2 Å². The Hall–Kier alpha value is -3.06. The standard InChI is InChI=1S/C21H16ClN3O4/c22-20-14(5-13-6-18-19(29-10-28-18)8-15(13)23-20)17-7-16(11-1-2-11)24-25(17)21(26)12-3-4-27-9-12/h3-6,8-9,11,17H,1-2,7,10H2/t17-/m0/s1. The van der Waals surface area contributed by atoms with Crippen LogP contribution in [0.25, 0.3) is 10.9 Å². The van der Waals surface area contributed by atoms with Crippen LogP contribution in [0.3, 0.4) is 0 Å². The number of benzene rings is 1. The maximum atomic E-state index is 13.1. The van der Waals surface area contributed by atoms with Crippen molar-refractivity contribution in [2.75, 3.05) is 6.79 Å². The summed E-state index contributed by atoms with van der Waals surface area (Å²) < 4.78 is 16.0. The molecule has 0 N–H and O–H groups in total. The van der Waals surface area contributed by atoms with Gasteiger partial charge in [-0.2, -0.15) is 5.10 Å². The number of fused-ring (bicyclic) bond motifs is 2. The third-order valence-corrected chi connectivity index (χ3v) is 5.91. The number of hydrogen-bond acceptors (Lipinski definition) is 6. The van der Waals surface area contributed by atoms with Crippen molar-refractivity contribution in [2.45, 2.75) is 25.3 Å². The fourth-order valence-electron chi connectivity index (χ4n) is 3.94. The molecule has 1 amide bonds. The van der Waals surface area contributed by atoms with Crippen LogP contribution in [-0.2, 0) is 0 Å². The molecule has 7 nitrogen and oxygen atoms in total. The SMILES string of the molecule is O=C(c1ccoc1)N1N=C(C2CC2)C[C@H]1c1cc2cc3c(cc2nc1Cl)OCO3. The van der Waals surface area contributed by atoms with E-state index in [-0.39, 0.29) is 18.7 Å². The number of hydrogen-bond donors (Lipinski definition) is 0. The molecular formula is C21H16ClN3O4. The molecule has 1 aliphatic carbocycles. The van der Waals surface area contributed by atoms with Gasteiger partial charge in [0, 0.05) is 29.1 Å². The smallest absolute Gasteiger partial charge is 0.277 e. The topological polar surface area (TPSA) is 77.2 Å². The zero-order valence-electron chi connectivity index (χ0n) is 15.3. The van der Waals surface area contributed by atoms with Gasteiger partial charge in [0.2, 0.25) is 6.79 Å². The highest BCUT2D eigenvalue weighted by Gasteiger charge is 2.40. The van der Waals surface area contributed by atoms with Gasteiger partial charge in [0.25, 0.3) is 5.91 Å². The van der Waals surface area contributed by atoms with Gasteiger partial charge in [-0.3, -0.25) is 4.79 Å². The minimum Gasteiger partial charge on any atom is -0.472 e. The van der Waals surface area contributed by atoms with Crippen molar-refractivity contribution in [3.05, 3.63) is 53.1 Å². The summed E-state index contributed by atoms with van der Waals surface area (Å²) in [5, 5.41) is 7.44. The Labute approximate surface area is 170 Å². The quantitative estimate of drug-likeness (QED) is 0.592. The first-order valence-corrected chi connectivity index (χ1v) is 9.88. The summed E-state index contributed by atoms with van der Waals surface area (Å²) in [5.74, 6) is 1.59. The molecule has 8 heteroatoms. The van der Waals surface area contributed by atoms with Crippen LogP contribution in [0.1, 0.15) is 41.2 Å². The van der Waals surface area contributed by atoms with Gasteiger partial charge in [-0.1, -0.05) is 11.6 Å². The number of halogens is 1. The van der Waals surface area contributed by atoms with Crippen LogP contribution in [0.5, 0.6) is 11.5 Å². The van der Waals surface area contributed by atoms with Crippen molar-refractivity contribution in [1.82, 2.24) is 9.99 Å². The molecule has 1 atom stereocenters. The van der Waals surface area contributed by atoms with Gasteiger partial charge in [-0.15, -0.1) is 0 Å². The lowest BCUT2D eigenvalue weighted by molar-refractivity contribution is 0.0710. The highest BCUT2D eigenvalue weighted by atomic mass is 35.5. The summed E-state index contributed by atoms with van der Waals surface area (Å²) in [6.45, 7) is 0.195. The average Bonchev–Trinajstić information content (AvgIpc) is 3.13. The largest absolute Gasteiger partial charge is 0.472 e. The maximum absolute atomic E-state index is 13.1. The van der Waals surface area contributed by atoms with E-state index in [1.54, 1.807) is 6.07 Å². The van der Waals surface area contributed by atoms with Gasteiger partial charge in [0.15, 0.2) is 11.5 Å². The van der Waals surface area contributed by atoms with Gasteiger partial charge in [-0.05, 0) is 37.0 Å². The molecule has 29 heavy (non-hydrogen) atoms. The van der Waals surface area contributed by atoms with Crippen LogP contribution in [0, 0.1) is 5.92 Å². The van der Waals surface area contributed by atoms with Crippen molar-refractivity contribution < 1.29 is 18.7 Å². The lowest BCUT2D eigenvalue weighted by atomic mass is 9.99. The number of pyridine rings is 1.